The maximum Gasteiger partial charge on any atom is 0.325 e. The summed E-state index contributed by atoms with van der Waals surface area (Å²) in [6.45, 7) is 1.81. The molecule has 1 aromatic carbocycles. The van der Waals surface area contributed by atoms with Crippen molar-refractivity contribution in [3.8, 4) is 0 Å². The fourth-order valence-electron chi connectivity index (χ4n) is 2.31. The molecule has 0 bridgehead atoms. The summed E-state index contributed by atoms with van der Waals surface area (Å²) in [5.41, 5.74) is 1.64. The molecular formula is C17H15N3O3. The molecule has 2 aromatic heterocycles. The van der Waals surface area contributed by atoms with Crippen LogP contribution in [0.2, 0.25) is 0 Å². The van der Waals surface area contributed by atoms with E-state index in [4.69, 9.17) is 4.74 Å². The Hall–Kier alpha value is -3.02. The van der Waals surface area contributed by atoms with E-state index in [-0.39, 0.29) is 18.8 Å². The van der Waals surface area contributed by atoms with Crippen molar-refractivity contribution in [2.24, 2.45) is 0 Å². The van der Waals surface area contributed by atoms with Crippen molar-refractivity contribution in [3.05, 3.63) is 48.3 Å². The highest BCUT2D eigenvalue weighted by atomic mass is 16.5. The van der Waals surface area contributed by atoms with Crippen molar-refractivity contribution in [1.29, 1.82) is 0 Å². The molecule has 0 unspecified atom stereocenters. The van der Waals surface area contributed by atoms with Crippen LogP contribution < -0.4 is 5.32 Å². The van der Waals surface area contributed by atoms with Crippen molar-refractivity contribution < 1.29 is 14.3 Å². The average Bonchev–Trinajstić information content (AvgIpc) is 2.59. The number of ether oxygens (including phenoxy) is 1. The summed E-state index contributed by atoms with van der Waals surface area (Å²) >= 11 is 0. The summed E-state index contributed by atoms with van der Waals surface area (Å²) in [7, 11) is 0. The van der Waals surface area contributed by atoms with Crippen LogP contribution in [-0.4, -0.2) is 35.0 Å². The number of nitrogens with one attached hydrogen (secondary N) is 1. The van der Waals surface area contributed by atoms with Crippen LogP contribution in [0.15, 0.2) is 42.6 Å². The van der Waals surface area contributed by atoms with Crippen molar-refractivity contribution in [3.63, 3.8) is 0 Å². The highest BCUT2D eigenvalue weighted by molar-refractivity contribution is 6.04. The van der Waals surface area contributed by atoms with E-state index in [0.717, 1.165) is 16.3 Å². The van der Waals surface area contributed by atoms with Crippen molar-refractivity contribution in [1.82, 2.24) is 15.3 Å². The Kier molecular flexibility index (Phi) is 4.14. The maximum absolute atomic E-state index is 12.1. The zero-order valence-corrected chi connectivity index (χ0v) is 12.6. The molecule has 116 valence electrons. The third-order valence-corrected chi connectivity index (χ3v) is 3.36. The lowest BCUT2D eigenvalue weighted by molar-refractivity contribution is -0.141. The van der Waals surface area contributed by atoms with Crippen molar-refractivity contribution in [2.45, 2.75) is 6.92 Å². The van der Waals surface area contributed by atoms with E-state index in [9.17, 15) is 9.59 Å². The summed E-state index contributed by atoms with van der Waals surface area (Å²) in [6, 6.07) is 11.1. The molecule has 2 heterocycles. The molecule has 1 amide bonds. The van der Waals surface area contributed by atoms with Gasteiger partial charge in [0.2, 0.25) is 0 Å². The van der Waals surface area contributed by atoms with Crippen LogP contribution in [-0.2, 0) is 9.53 Å². The number of carbonyl (C=O) groups excluding carboxylic acids is 2. The zero-order chi connectivity index (χ0) is 16.2. The molecule has 0 radical (unpaired) electrons. The lowest BCUT2D eigenvalue weighted by Gasteiger charge is -2.06. The van der Waals surface area contributed by atoms with Crippen LogP contribution in [0.3, 0.4) is 0 Å². The van der Waals surface area contributed by atoms with Gasteiger partial charge < -0.3 is 10.1 Å². The van der Waals surface area contributed by atoms with Crippen molar-refractivity contribution in [2.75, 3.05) is 13.2 Å². The Labute approximate surface area is 132 Å². The Bertz CT molecular complexity index is 893. The van der Waals surface area contributed by atoms with E-state index in [1.165, 1.54) is 0 Å². The monoisotopic (exact) mass is 309 g/mol. The predicted molar refractivity (Wildman–Crippen MR) is 86.0 cm³/mol. The van der Waals surface area contributed by atoms with Gasteiger partial charge in [-0.25, -0.2) is 4.98 Å². The Morgan fingerprint density at radius 3 is 2.61 bits per heavy atom. The largest absolute Gasteiger partial charge is 0.465 e. The van der Waals surface area contributed by atoms with Gasteiger partial charge in [-0.1, -0.05) is 24.3 Å². The second-order valence-electron chi connectivity index (χ2n) is 4.90. The lowest BCUT2D eigenvalue weighted by Crippen LogP contribution is -2.31. The number of carbonyl (C=O) groups is 2. The normalized spacial score (nSPS) is 10.7. The van der Waals surface area contributed by atoms with Gasteiger partial charge in [-0.05, 0) is 19.1 Å². The van der Waals surface area contributed by atoms with E-state index >= 15 is 0 Å². The summed E-state index contributed by atoms with van der Waals surface area (Å²) in [4.78, 5) is 32.2. The first-order chi connectivity index (χ1) is 11.2. The van der Waals surface area contributed by atoms with E-state index in [1.54, 1.807) is 19.2 Å². The first kappa shape index (κ1) is 14.9. The van der Waals surface area contributed by atoms with Gasteiger partial charge in [0.25, 0.3) is 5.91 Å². The number of benzene rings is 1. The molecule has 0 fully saturated rings. The van der Waals surface area contributed by atoms with E-state index in [2.05, 4.69) is 15.3 Å². The van der Waals surface area contributed by atoms with Crippen molar-refractivity contribution >= 4 is 33.7 Å². The molecule has 0 aliphatic carbocycles. The van der Waals surface area contributed by atoms with Crippen LogP contribution in [0.5, 0.6) is 0 Å². The molecular weight excluding hydrogens is 294 g/mol. The van der Waals surface area contributed by atoms with E-state index in [1.807, 2.05) is 30.3 Å². The van der Waals surface area contributed by atoms with Gasteiger partial charge in [0.15, 0.2) is 0 Å². The molecule has 0 aliphatic rings. The Morgan fingerprint density at radius 2 is 1.83 bits per heavy atom. The molecule has 6 nitrogen and oxygen atoms in total. The zero-order valence-electron chi connectivity index (χ0n) is 12.6. The van der Waals surface area contributed by atoms with E-state index in [0.29, 0.717) is 5.52 Å². The number of aromatic nitrogens is 2. The minimum Gasteiger partial charge on any atom is -0.465 e. The Morgan fingerprint density at radius 1 is 1.09 bits per heavy atom. The molecule has 0 saturated carbocycles. The third-order valence-electron chi connectivity index (χ3n) is 3.36. The lowest BCUT2D eigenvalue weighted by atomic mass is 10.1. The Balaban J connectivity index is 1.91. The molecule has 3 rings (SSSR count). The minimum absolute atomic E-state index is 0.180. The number of esters is 1. The number of rotatable bonds is 4. The first-order valence-electron chi connectivity index (χ1n) is 7.27. The van der Waals surface area contributed by atoms with Crippen LogP contribution in [0, 0.1) is 0 Å². The topological polar surface area (TPSA) is 81.2 Å². The second-order valence-corrected chi connectivity index (χ2v) is 4.90. The molecule has 0 spiro atoms. The van der Waals surface area contributed by atoms with Gasteiger partial charge in [0.05, 0.1) is 17.6 Å². The third kappa shape index (κ3) is 3.11. The molecule has 6 heteroatoms. The van der Waals surface area contributed by atoms with Crippen LogP contribution in [0.25, 0.3) is 21.8 Å². The van der Waals surface area contributed by atoms with Gasteiger partial charge in [-0.15, -0.1) is 0 Å². The van der Waals surface area contributed by atoms with Gasteiger partial charge in [0.1, 0.15) is 12.2 Å². The highest BCUT2D eigenvalue weighted by Gasteiger charge is 2.12. The number of nitrogens with zero attached hydrogens (tertiary/aromatic N) is 2. The number of amides is 1. The van der Waals surface area contributed by atoms with Gasteiger partial charge >= 0.3 is 5.97 Å². The average molecular weight is 309 g/mol. The number of hydrogen-bond donors (Lipinski definition) is 1. The standard InChI is InChI=1S/C17H15N3O3/c1-2-23-14(21)10-19-17(22)13-8-7-12-6-5-11-4-3-9-18-15(11)16(12)20-13/h3-9H,2,10H2,1H3,(H,19,22). The SMILES string of the molecule is CCOC(=O)CNC(=O)c1ccc2ccc3cccnc3c2n1. The summed E-state index contributed by atoms with van der Waals surface area (Å²) in [6.07, 6.45) is 1.69. The molecule has 23 heavy (non-hydrogen) atoms. The smallest absolute Gasteiger partial charge is 0.325 e. The minimum atomic E-state index is -0.478. The highest BCUT2D eigenvalue weighted by Crippen LogP contribution is 2.21. The fraction of sp³-hybridized carbons (Fsp3) is 0.176. The van der Waals surface area contributed by atoms with Gasteiger partial charge in [-0.3, -0.25) is 14.6 Å². The number of fused-ring (bicyclic) bond motifs is 3. The second kappa shape index (κ2) is 6.39. The summed E-state index contributed by atoms with van der Waals surface area (Å²) in [5.74, 6) is -0.901. The van der Waals surface area contributed by atoms with Crippen LogP contribution in [0.4, 0.5) is 0 Å². The van der Waals surface area contributed by atoms with Gasteiger partial charge in [0, 0.05) is 17.0 Å². The summed E-state index contributed by atoms with van der Waals surface area (Å²) < 4.78 is 4.77. The van der Waals surface area contributed by atoms with Crippen LogP contribution in [0.1, 0.15) is 17.4 Å². The molecule has 0 aliphatic heterocycles. The molecule has 0 saturated heterocycles. The maximum atomic E-state index is 12.1. The predicted octanol–water partition coefficient (Wildman–Crippen LogP) is 2.08. The molecule has 3 aromatic rings. The van der Waals surface area contributed by atoms with E-state index < -0.39 is 11.9 Å². The molecule has 1 N–H and O–H groups in total. The summed E-state index contributed by atoms with van der Waals surface area (Å²) in [5, 5.41) is 4.36. The fourth-order valence-corrected chi connectivity index (χ4v) is 2.31. The first-order valence-corrected chi connectivity index (χ1v) is 7.27. The number of pyridine rings is 2. The van der Waals surface area contributed by atoms with Gasteiger partial charge in [-0.2, -0.15) is 0 Å². The van der Waals surface area contributed by atoms with Crippen LogP contribution >= 0.6 is 0 Å². The number of hydrogen-bond acceptors (Lipinski definition) is 5. The molecule has 0 atom stereocenters. The quantitative estimate of drug-likeness (QED) is 0.589.